The molecule has 0 rings (SSSR count). The summed E-state index contributed by atoms with van der Waals surface area (Å²) >= 11 is 0. The van der Waals surface area contributed by atoms with Gasteiger partial charge in [-0.15, -0.1) is 0 Å². The van der Waals surface area contributed by atoms with Gasteiger partial charge < -0.3 is 9.53 Å². The summed E-state index contributed by atoms with van der Waals surface area (Å²) in [7, 11) is -1.70. The van der Waals surface area contributed by atoms with Crippen LogP contribution in [0.2, 0.25) is 18.1 Å². The molecule has 0 aliphatic rings. The number of aliphatic hydroxyl groups is 1. The van der Waals surface area contributed by atoms with Crippen molar-refractivity contribution in [2.24, 2.45) is 5.41 Å². The Hall–Kier alpha value is 0.137. The summed E-state index contributed by atoms with van der Waals surface area (Å²) in [5.74, 6) is 0. The normalized spacial score (nSPS) is 16.7. The highest BCUT2D eigenvalue weighted by molar-refractivity contribution is 6.74. The molecule has 0 aromatic carbocycles. The SMILES string of the molecule is CCCCC(CC)(CO)CO[Si](C)(C)C(C)(C)C. The molecule has 0 aliphatic carbocycles. The van der Waals surface area contributed by atoms with E-state index in [0.717, 1.165) is 19.4 Å². The Labute approximate surface area is 115 Å². The van der Waals surface area contributed by atoms with Gasteiger partial charge in [0.05, 0.1) is 6.61 Å². The van der Waals surface area contributed by atoms with Gasteiger partial charge in [0.25, 0.3) is 0 Å². The summed E-state index contributed by atoms with van der Waals surface area (Å²) in [6.07, 6.45) is 4.43. The lowest BCUT2D eigenvalue weighted by atomic mass is 9.82. The maximum Gasteiger partial charge on any atom is 0.192 e. The van der Waals surface area contributed by atoms with Crippen LogP contribution < -0.4 is 0 Å². The van der Waals surface area contributed by atoms with Crippen LogP contribution in [0, 0.1) is 5.41 Å². The molecule has 3 heteroatoms. The van der Waals surface area contributed by atoms with Crippen LogP contribution in [-0.4, -0.2) is 26.6 Å². The van der Waals surface area contributed by atoms with Crippen LogP contribution >= 0.6 is 0 Å². The van der Waals surface area contributed by atoms with E-state index in [9.17, 15) is 5.11 Å². The molecular formula is C15H34O2Si. The number of unbranched alkanes of at least 4 members (excludes halogenated alkanes) is 1. The highest BCUT2D eigenvalue weighted by atomic mass is 28.4. The number of hydrogen-bond acceptors (Lipinski definition) is 2. The highest BCUT2D eigenvalue weighted by Crippen LogP contribution is 2.39. The average molecular weight is 275 g/mol. The Morgan fingerprint density at radius 1 is 1.11 bits per heavy atom. The maximum absolute atomic E-state index is 9.74. The third kappa shape index (κ3) is 5.02. The van der Waals surface area contributed by atoms with Crippen LogP contribution in [0.15, 0.2) is 0 Å². The second-order valence-corrected chi connectivity index (χ2v) is 12.0. The van der Waals surface area contributed by atoms with E-state index in [1.165, 1.54) is 12.8 Å². The first kappa shape index (κ1) is 18.1. The fourth-order valence-corrected chi connectivity index (χ4v) is 2.79. The highest BCUT2D eigenvalue weighted by Gasteiger charge is 2.39. The lowest BCUT2D eigenvalue weighted by Crippen LogP contribution is -2.44. The van der Waals surface area contributed by atoms with Crippen molar-refractivity contribution < 1.29 is 9.53 Å². The van der Waals surface area contributed by atoms with Gasteiger partial charge in [-0.1, -0.05) is 47.5 Å². The second-order valence-electron chi connectivity index (χ2n) is 7.16. The van der Waals surface area contributed by atoms with Gasteiger partial charge in [0, 0.05) is 12.0 Å². The molecule has 0 radical (unpaired) electrons. The Balaban J connectivity index is 4.61. The molecule has 0 bridgehead atoms. The van der Waals surface area contributed by atoms with Crippen LogP contribution in [0.4, 0.5) is 0 Å². The first-order valence-electron chi connectivity index (χ1n) is 7.39. The van der Waals surface area contributed by atoms with Crippen molar-refractivity contribution in [2.45, 2.75) is 78.4 Å². The zero-order valence-corrected chi connectivity index (χ0v) is 14.6. The Morgan fingerprint density at radius 3 is 2.00 bits per heavy atom. The molecule has 0 saturated carbocycles. The monoisotopic (exact) mass is 274 g/mol. The fraction of sp³-hybridized carbons (Fsp3) is 1.00. The topological polar surface area (TPSA) is 29.5 Å². The molecule has 0 spiro atoms. The van der Waals surface area contributed by atoms with Crippen molar-refractivity contribution in [3.05, 3.63) is 0 Å². The Morgan fingerprint density at radius 2 is 1.67 bits per heavy atom. The average Bonchev–Trinajstić information content (AvgIpc) is 2.29. The van der Waals surface area contributed by atoms with E-state index in [1.54, 1.807) is 0 Å². The fourth-order valence-electron chi connectivity index (χ4n) is 1.69. The van der Waals surface area contributed by atoms with E-state index in [4.69, 9.17) is 4.43 Å². The summed E-state index contributed by atoms with van der Waals surface area (Å²) in [4.78, 5) is 0. The van der Waals surface area contributed by atoms with Crippen molar-refractivity contribution in [3.8, 4) is 0 Å². The lowest BCUT2D eigenvalue weighted by molar-refractivity contribution is 0.0468. The minimum absolute atomic E-state index is 0.0223. The Bertz CT molecular complexity index is 227. The molecule has 2 nitrogen and oxygen atoms in total. The van der Waals surface area contributed by atoms with Gasteiger partial charge in [-0.25, -0.2) is 0 Å². The molecule has 1 atom stereocenters. The summed E-state index contributed by atoms with van der Waals surface area (Å²) < 4.78 is 6.32. The van der Waals surface area contributed by atoms with Crippen molar-refractivity contribution in [3.63, 3.8) is 0 Å². The number of rotatable bonds is 8. The summed E-state index contributed by atoms with van der Waals surface area (Å²) in [5, 5.41) is 9.98. The number of aliphatic hydroxyl groups excluding tert-OH is 1. The molecule has 110 valence electrons. The van der Waals surface area contributed by atoms with Crippen LogP contribution in [0.5, 0.6) is 0 Å². The van der Waals surface area contributed by atoms with Gasteiger partial charge >= 0.3 is 0 Å². The van der Waals surface area contributed by atoms with Gasteiger partial charge in [0.15, 0.2) is 8.32 Å². The summed E-state index contributed by atoms with van der Waals surface area (Å²) in [6.45, 7) is 16.7. The minimum Gasteiger partial charge on any atom is -0.416 e. The first-order valence-corrected chi connectivity index (χ1v) is 10.3. The summed E-state index contributed by atoms with van der Waals surface area (Å²) in [6, 6.07) is 0. The molecule has 0 heterocycles. The zero-order valence-electron chi connectivity index (χ0n) is 13.6. The quantitative estimate of drug-likeness (QED) is 0.656. The standard InChI is InChI=1S/C15H34O2Si/c1-8-10-11-15(9-2,12-16)13-17-18(6,7)14(3,4)5/h16H,8-13H2,1-7H3. The smallest absolute Gasteiger partial charge is 0.192 e. The predicted octanol–water partition coefficient (Wildman–Crippen LogP) is 4.59. The predicted molar refractivity (Wildman–Crippen MR) is 82.5 cm³/mol. The second kappa shape index (κ2) is 7.06. The van der Waals surface area contributed by atoms with E-state index < -0.39 is 8.32 Å². The van der Waals surface area contributed by atoms with E-state index in [2.05, 4.69) is 47.7 Å². The third-order valence-electron chi connectivity index (χ3n) is 4.69. The maximum atomic E-state index is 9.74. The van der Waals surface area contributed by atoms with Gasteiger partial charge in [0.2, 0.25) is 0 Å². The van der Waals surface area contributed by atoms with E-state index in [-0.39, 0.29) is 17.1 Å². The van der Waals surface area contributed by atoms with Crippen LogP contribution in [0.3, 0.4) is 0 Å². The molecular weight excluding hydrogens is 240 g/mol. The largest absolute Gasteiger partial charge is 0.416 e. The molecule has 0 saturated heterocycles. The van der Waals surface area contributed by atoms with E-state index >= 15 is 0 Å². The van der Waals surface area contributed by atoms with Gasteiger partial charge in [0.1, 0.15) is 0 Å². The molecule has 0 aromatic heterocycles. The van der Waals surface area contributed by atoms with Crippen LogP contribution in [0.25, 0.3) is 0 Å². The van der Waals surface area contributed by atoms with E-state index in [0.29, 0.717) is 0 Å². The zero-order chi connectivity index (χ0) is 14.4. The van der Waals surface area contributed by atoms with Crippen molar-refractivity contribution in [1.29, 1.82) is 0 Å². The molecule has 0 fully saturated rings. The third-order valence-corrected chi connectivity index (χ3v) is 9.17. The molecule has 18 heavy (non-hydrogen) atoms. The molecule has 0 amide bonds. The van der Waals surface area contributed by atoms with Crippen LogP contribution in [0.1, 0.15) is 60.3 Å². The molecule has 1 N–H and O–H groups in total. The lowest BCUT2D eigenvalue weighted by Gasteiger charge is -2.40. The Kier molecular flexibility index (Phi) is 7.12. The van der Waals surface area contributed by atoms with E-state index in [1.807, 2.05) is 0 Å². The molecule has 1 unspecified atom stereocenters. The van der Waals surface area contributed by atoms with Crippen LogP contribution in [-0.2, 0) is 4.43 Å². The minimum atomic E-state index is -1.70. The van der Waals surface area contributed by atoms with Gasteiger partial charge in [-0.05, 0) is 31.0 Å². The molecule has 0 aromatic rings. The van der Waals surface area contributed by atoms with Gasteiger partial charge in [-0.2, -0.15) is 0 Å². The molecule has 0 aliphatic heterocycles. The van der Waals surface area contributed by atoms with Crippen molar-refractivity contribution >= 4 is 8.32 Å². The summed E-state index contributed by atoms with van der Waals surface area (Å²) in [5.41, 5.74) is -0.0223. The van der Waals surface area contributed by atoms with Crippen molar-refractivity contribution in [1.82, 2.24) is 0 Å². The number of hydrogen-bond donors (Lipinski definition) is 1. The first-order chi connectivity index (χ1) is 8.14. The van der Waals surface area contributed by atoms with Crippen molar-refractivity contribution in [2.75, 3.05) is 13.2 Å². The van der Waals surface area contributed by atoms with Gasteiger partial charge in [-0.3, -0.25) is 0 Å².